The molecule has 1 saturated heterocycles. The highest BCUT2D eigenvalue weighted by molar-refractivity contribution is 7.96. The van der Waals surface area contributed by atoms with E-state index in [4.69, 9.17) is 9.16 Å². The molecule has 294 valence electrons. The Morgan fingerprint density at radius 3 is 1.80 bits per heavy atom. The first kappa shape index (κ1) is 42.1. The first-order valence-corrected chi connectivity index (χ1v) is 23.8. The molecule has 0 unspecified atom stereocenters. The Kier molecular flexibility index (Phi) is 13.4. The van der Waals surface area contributed by atoms with Gasteiger partial charge in [-0.3, -0.25) is 9.59 Å². The van der Waals surface area contributed by atoms with Gasteiger partial charge in [-0.25, -0.2) is 9.59 Å². The van der Waals surface area contributed by atoms with Gasteiger partial charge in [0.2, 0.25) is 5.91 Å². The molecular formula is C45H54N3O6PSi. The molecule has 0 radical (unpaired) electrons. The van der Waals surface area contributed by atoms with Gasteiger partial charge in [-0.05, 0) is 72.2 Å². The smallest absolute Gasteiger partial charge is 0.356 e. The molecule has 0 saturated carbocycles. The van der Waals surface area contributed by atoms with Crippen molar-refractivity contribution in [3.8, 4) is 0 Å². The fourth-order valence-electron chi connectivity index (χ4n) is 7.02. The number of carbonyl (C=O) groups excluding carboxylic acids is 4. The minimum atomic E-state index is -3.20. The number of carbonyl (C=O) groups is 4. The van der Waals surface area contributed by atoms with Crippen molar-refractivity contribution in [2.75, 3.05) is 18.5 Å². The number of rotatable bonds is 15. The van der Waals surface area contributed by atoms with Crippen LogP contribution in [0.2, 0.25) is 18.1 Å². The highest BCUT2D eigenvalue weighted by atomic mass is 31.2. The monoisotopic (exact) mass is 791 g/mol. The Balaban J connectivity index is 1.76. The quantitative estimate of drug-likeness (QED) is 0.0322. The van der Waals surface area contributed by atoms with Crippen LogP contribution in [0.1, 0.15) is 51.4 Å². The molecule has 11 heteroatoms. The lowest BCUT2D eigenvalue weighted by Gasteiger charge is -2.53. The summed E-state index contributed by atoms with van der Waals surface area (Å²) in [6, 6.07) is 34.9. The number of hydrogen-bond acceptors (Lipinski definition) is 6. The molecule has 1 aliphatic rings. The molecule has 0 aliphatic carbocycles. The topological polar surface area (TPSA) is 114 Å². The number of esters is 1. The van der Waals surface area contributed by atoms with E-state index in [2.05, 4.69) is 51.1 Å². The molecular weight excluding hydrogens is 738 g/mol. The van der Waals surface area contributed by atoms with Gasteiger partial charge in [0.1, 0.15) is 12.0 Å². The summed E-state index contributed by atoms with van der Waals surface area (Å²) in [6.45, 7) is 15.4. The van der Waals surface area contributed by atoms with Crippen LogP contribution in [0.25, 0.3) is 0 Å². The van der Waals surface area contributed by atoms with E-state index in [-0.39, 0.29) is 41.2 Å². The third-order valence-corrected chi connectivity index (χ3v) is 19.6. The van der Waals surface area contributed by atoms with E-state index in [0.29, 0.717) is 17.8 Å². The summed E-state index contributed by atoms with van der Waals surface area (Å²) in [7, 11) is -2.38. The third-order valence-electron chi connectivity index (χ3n) is 10.7. The maximum absolute atomic E-state index is 15.1. The van der Waals surface area contributed by atoms with Crippen molar-refractivity contribution < 1.29 is 28.3 Å². The van der Waals surface area contributed by atoms with Crippen molar-refractivity contribution in [3.05, 3.63) is 133 Å². The number of amides is 3. The number of urea groups is 1. The molecule has 2 N–H and O–H groups in total. The van der Waals surface area contributed by atoms with Crippen LogP contribution >= 0.6 is 6.89 Å². The zero-order valence-corrected chi connectivity index (χ0v) is 35.3. The lowest BCUT2D eigenvalue weighted by atomic mass is 9.79. The van der Waals surface area contributed by atoms with Crippen LogP contribution in [0.3, 0.4) is 0 Å². The molecule has 1 fully saturated rings. The molecule has 56 heavy (non-hydrogen) atoms. The SMILES string of the molecule is C=CCOC(=O)C(N1C(=O)[C@H]([C@@H](C)O[Si](C)(C)C(C)(C)C)[C@H]1CC(=O)c1ccc(NC(=O)NCC)cc1)=P(c1ccccc1)(c1ccccc1)c1ccccc1. The zero-order valence-electron chi connectivity index (χ0n) is 33.5. The molecule has 3 atom stereocenters. The number of likely N-dealkylation sites (tertiary alicyclic amines) is 1. The molecule has 0 spiro atoms. The van der Waals surface area contributed by atoms with Crippen LogP contribution < -0.4 is 26.5 Å². The van der Waals surface area contributed by atoms with Crippen LogP contribution in [-0.2, 0) is 18.8 Å². The third kappa shape index (κ3) is 8.68. The lowest BCUT2D eigenvalue weighted by Crippen LogP contribution is -2.69. The molecule has 4 aromatic rings. The van der Waals surface area contributed by atoms with Crippen molar-refractivity contribution in [1.82, 2.24) is 10.2 Å². The second-order valence-electron chi connectivity index (χ2n) is 15.5. The number of anilines is 1. The minimum Gasteiger partial charge on any atom is -0.457 e. The average molecular weight is 792 g/mol. The van der Waals surface area contributed by atoms with Crippen LogP contribution in [0.15, 0.2) is 128 Å². The Morgan fingerprint density at radius 1 is 0.857 bits per heavy atom. The van der Waals surface area contributed by atoms with Gasteiger partial charge in [0.25, 0.3) is 0 Å². The van der Waals surface area contributed by atoms with Crippen LogP contribution in [-0.4, -0.2) is 67.6 Å². The van der Waals surface area contributed by atoms with E-state index in [1.807, 2.05) is 105 Å². The maximum atomic E-state index is 15.1. The average Bonchev–Trinajstić information content (AvgIpc) is 3.17. The number of Topliss-reactive ketones (excluding diaryl/α,β-unsaturated/α-hetero) is 1. The highest BCUT2D eigenvalue weighted by Crippen LogP contribution is 2.50. The molecule has 0 aromatic heterocycles. The van der Waals surface area contributed by atoms with Gasteiger partial charge < -0.3 is 24.7 Å². The summed E-state index contributed by atoms with van der Waals surface area (Å²) in [5.41, 5.74) is 1.14. The number of ether oxygens (including phenoxy) is 1. The second-order valence-corrected chi connectivity index (χ2v) is 23.5. The standard InChI is InChI=1S/C45H54N3O6PSi/c1-9-30-53-43(51)42(55(35-20-14-11-15-21-35,36-22-16-12-17-23-36)37-24-18-13-19-25-37)48-38(40(41(48)50)32(3)54-56(7,8)45(4,5)6)31-39(49)33-26-28-34(29-27-33)47-44(52)46-10-2/h9,11-29,32,38,40H,1,10,30-31H2,2-8H3,(H2,46,47,52)/t32-,38-,40-/m1/s1. The Morgan fingerprint density at radius 2 is 1.36 bits per heavy atom. The van der Waals surface area contributed by atoms with Gasteiger partial charge in [-0.1, -0.05) is 124 Å². The summed E-state index contributed by atoms with van der Waals surface area (Å²) in [4.78, 5) is 58.1. The van der Waals surface area contributed by atoms with Crippen LogP contribution in [0, 0.1) is 5.92 Å². The fraction of sp³-hybridized carbons (Fsp3) is 0.311. The number of nitrogens with zero attached hydrogens (tertiary/aromatic N) is 1. The highest BCUT2D eigenvalue weighted by Gasteiger charge is 2.57. The Hall–Kier alpha value is -5.02. The van der Waals surface area contributed by atoms with E-state index in [0.717, 1.165) is 15.9 Å². The largest absolute Gasteiger partial charge is 0.457 e. The summed E-state index contributed by atoms with van der Waals surface area (Å²) < 4.78 is 12.8. The molecule has 5 rings (SSSR count). The van der Waals surface area contributed by atoms with E-state index < -0.39 is 39.2 Å². The maximum Gasteiger partial charge on any atom is 0.356 e. The zero-order chi connectivity index (χ0) is 40.7. The molecule has 9 nitrogen and oxygen atoms in total. The number of nitrogens with one attached hydrogen (secondary N) is 2. The van der Waals surface area contributed by atoms with Gasteiger partial charge in [0.05, 0.1) is 18.1 Å². The van der Waals surface area contributed by atoms with Gasteiger partial charge in [0.15, 0.2) is 14.1 Å². The molecule has 1 aliphatic heterocycles. The van der Waals surface area contributed by atoms with Crippen molar-refractivity contribution in [2.24, 2.45) is 5.92 Å². The van der Waals surface area contributed by atoms with Gasteiger partial charge in [-0.2, -0.15) is 0 Å². The Labute approximate surface area is 332 Å². The van der Waals surface area contributed by atoms with Crippen LogP contribution in [0.4, 0.5) is 10.5 Å². The predicted molar refractivity (Wildman–Crippen MR) is 231 cm³/mol. The predicted octanol–water partition coefficient (Wildman–Crippen LogP) is 7.49. The first-order chi connectivity index (χ1) is 26.7. The van der Waals surface area contributed by atoms with Crippen LogP contribution in [0.5, 0.6) is 0 Å². The summed E-state index contributed by atoms with van der Waals surface area (Å²) in [5.74, 6) is -1.90. The van der Waals surface area contributed by atoms with Gasteiger partial charge in [-0.15, -0.1) is 0 Å². The van der Waals surface area contributed by atoms with Crippen molar-refractivity contribution in [1.29, 1.82) is 0 Å². The summed E-state index contributed by atoms with van der Waals surface area (Å²) >= 11 is 0. The van der Waals surface area contributed by atoms with E-state index >= 15 is 4.79 Å². The number of β-lactam (4-membered cyclic amide) rings is 1. The van der Waals surface area contributed by atoms with Crippen molar-refractivity contribution >= 4 is 65.9 Å². The molecule has 4 aromatic carbocycles. The van der Waals surface area contributed by atoms with Crippen molar-refractivity contribution in [3.63, 3.8) is 0 Å². The normalized spacial score (nSPS) is 16.3. The van der Waals surface area contributed by atoms with Gasteiger partial charge in [0, 0.05) is 31.1 Å². The number of benzene rings is 4. The summed E-state index contributed by atoms with van der Waals surface area (Å²) in [5, 5.41) is 7.88. The summed E-state index contributed by atoms with van der Waals surface area (Å²) in [6.07, 6.45) is 0.871. The lowest BCUT2D eigenvalue weighted by molar-refractivity contribution is -0.156. The van der Waals surface area contributed by atoms with Crippen molar-refractivity contribution in [2.45, 2.75) is 71.3 Å². The molecule has 0 bridgehead atoms. The number of hydrogen-bond donors (Lipinski definition) is 2. The second kappa shape index (κ2) is 17.8. The van der Waals surface area contributed by atoms with E-state index in [1.54, 1.807) is 29.2 Å². The van der Waals surface area contributed by atoms with E-state index in [9.17, 15) is 14.4 Å². The first-order valence-electron chi connectivity index (χ1n) is 19.1. The molecule has 1 heterocycles. The molecule has 3 amide bonds. The van der Waals surface area contributed by atoms with Gasteiger partial charge >= 0.3 is 12.0 Å². The Bertz CT molecular complexity index is 1980. The van der Waals surface area contributed by atoms with E-state index in [1.165, 1.54) is 6.08 Å². The minimum absolute atomic E-state index is 0.0721. The number of ketones is 1. The fourth-order valence-corrected chi connectivity index (χ4v) is 12.8.